The zero-order valence-electron chi connectivity index (χ0n) is 11.7. The van der Waals surface area contributed by atoms with Crippen LogP contribution >= 0.6 is 0 Å². The average molecular weight is 251 g/mol. The second-order valence-electron chi connectivity index (χ2n) is 5.53. The molecule has 1 aliphatic rings. The molecule has 0 spiro atoms. The number of aryl methyl sites for hydroxylation is 1. The van der Waals surface area contributed by atoms with Gasteiger partial charge in [-0.05, 0) is 59.1 Å². The van der Waals surface area contributed by atoms with E-state index in [1.807, 2.05) is 19.1 Å². The first kappa shape index (κ1) is 13.6. The Morgan fingerprint density at radius 1 is 1.44 bits per heavy atom. The Morgan fingerprint density at radius 3 is 2.67 bits per heavy atom. The lowest BCUT2D eigenvalue weighted by Crippen LogP contribution is -2.44. The summed E-state index contributed by atoms with van der Waals surface area (Å²) in [6.45, 7) is 5.19. The number of hydrogen-bond acceptors (Lipinski definition) is 4. The second kappa shape index (κ2) is 5.87. The molecule has 0 saturated carbocycles. The molecular weight excluding hydrogens is 226 g/mol. The van der Waals surface area contributed by atoms with Gasteiger partial charge < -0.3 is 20.0 Å². The Bertz CT molecular complexity index is 369. The predicted molar refractivity (Wildman–Crippen MR) is 73.5 cm³/mol. The van der Waals surface area contributed by atoms with Crippen LogP contribution in [-0.2, 0) is 0 Å². The number of furan rings is 1. The predicted octanol–water partition coefficient (Wildman–Crippen LogP) is 1.61. The zero-order chi connectivity index (χ0) is 13.1. The number of rotatable bonds is 4. The minimum absolute atomic E-state index is 0.0247. The average Bonchev–Trinajstić information content (AvgIpc) is 2.76. The van der Waals surface area contributed by atoms with Crippen LogP contribution in [0, 0.1) is 6.92 Å². The lowest BCUT2D eigenvalue weighted by molar-refractivity contribution is 0.136. The monoisotopic (exact) mass is 251 g/mol. The Labute approximate surface area is 110 Å². The second-order valence-corrected chi connectivity index (χ2v) is 5.53. The van der Waals surface area contributed by atoms with Gasteiger partial charge in [0.05, 0.1) is 6.04 Å². The maximum absolute atomic E-state index is 6.20. The van der Waals surface area contributed by atoms with Gasteiger partial charge in [0.1, 0.15) is 11.5 Å². The highest BCUT2D eigenvalue weighted by molar-refractivity contribution is 5.09. The number of nitrogens with two attached hydrogens (primary N) is 1. The van der Waals surface area contributed by atoms with Crippen LogP contribution in [0.5, 0.6) is 0 Å². The van der Waals surface area contributed by atoms with Crippen molar-refractivity contribution in [3.8, 4) is 0 Å². The van der Waals surface area contributed by atoms with E-state index in [9.17, 15) is 0 Å². The number of piperidine rings is 1. The molecule has 1 aliphatic heterocycles. The van der Waals surface area contributed by atoms with Crippen molar-refractivity contribution in [2.24, 2.45) is 5.73 Å². The fourth-order valence-electron chi connectivity index (χ4n) is 2.64. The lowest BCUT2D eigenvalue weighted by atomic mass is 10.0. The van der Waals surface area contributed by atoms with E-state index in [1.165, 1.54) is 25.9 Å². The normalized spacial score (nSPS) is 20.5. The molecule has 1 atom stereocenters. The molecular formula is C14H25N3O. The van der Waals surface area contributed by atoms with Gasteiger partial charge in [0.15, 0.2) is 0 Å². The van der Waals surface area contributed by atoms with Gasteiger partial charge in [0.2, 0.25) is 0 Å². The molecule has 0 amide bonds. The Hall–Kier alpha value is -0.840. The maximum Gasteiger partial charge on any atom is 0.122 e. The first-order chi connectivity index (χ1) is 8.56. The highest BCUT2D eigenvalue weighted by Crippen LogP contribution is 2.19. The molecule has 2 heterocycles. The molecule has 1 saturated heterocycles. The highest BCUT2D eigenvalue weighted by Gasteiger charge is 2.22. The summed E-state index contributed by atoms with van der Waals surface area (Å²) in [5.41, 5.74) is 6.20. The molecule has 102 valence electrons. The van der Waals surface area contributed by atoms with Gasteiger partial charge in [-0.3, -0.25) is 0 Å². The fraction of sp³-hybridized carbons (Fsp3) is 0.714. The van der Waals surface area contributed by atoms with Crippen LogP contribution in [0.3, 0.4) is 0 Å². The summed E-state index contributed by atoms with van der Waals surface area (Å²) in [6, 6.07) is 4.60. The third-order valence-corrected chi connectivity index (χ3v) is 3.92. The van der Waals surface area contributed by atoms with E-state index in [4.69, 9.17) is 10.2 Å². The van der Waals surface area contributed by atoms with Gasteiger partial charge in [-0.25, -0.2) is 0 Å². The largest absolute Gasteiger partial charge is 0.465 e. The Kier molecular flexibility index (Phi) is 4.43. The number of hydrogen-bond donors (Lipinski definition) is 1. The summed E-state index contributed by atoms with van der Waals surface area (Å²) in [5, 5.41) is 0. The van der Waals surface area contributed by atoms with Crippen LogP contribution in [0.1, 0.15) is 30.4 Å². The molecule has 2 N–H and O–H groups in total. The SMILES string of the molecule is Cc1ccc(C(N)CN(C)C2CCN(C)CC2)o1. The summed E-state index contributed by atoms with van der Waals surface area (Å²) in [7, 11) is 4.36. The minimum atomic E-state index is -0.0247. The number of likely N-dealkylation sites (N-methyl/N-ethyl adjacent to an activating group) is 1. The Morgan fingerprint density at radius 2 is 2.11 bits per heavy atom. The molecule has 0 bridgehead atoms. The van der Waals surface area contributed by atoms with Crippen molar-refractivity contribution >= 4 is 0 Å². The summed E-state index contributed by atoms with van der Waals surface area (Å²) < 4.78 is 5.59. The van der Waals surface area contributed by atoms with Gasteiger partial charge in [0.25, 0.3) is 0 Å². The molecule has 4 nitrogen and oxygen atoms in total. The van der Waals surface area contributed by atoms with E-state index >= 15 is 0 Å². The van der Waals surface area contributed by atoms with Crippen molar-refractivity contribution in [3.05, 3.63) is 23.7 Å². The molecule has 1 aromatic rings. The first-order valence-electron chi connectivity index (χ1n) is 6.77. The van der Waals surface area contributed by atoms with Gasteiger partial charge in [0, 0.05) is 12.6 Å². The highest BCUT2D eigenvalue weighted by atomic mass is 16.3. The van der Waals surface area contributed by atoms with Gasteiger partial charge in [-0.2, -0.15) is 0 Å². The van der Waals surface area contributed by atoms with Crippen molar-refractivity contribution in [1.82, 2.24) is 9.80 Å². The van der Waals surface area contributed by atoms with Crippen molar-refractivity contribution in [2.45, 2.75) is 31.8 Å². The van der Waals surface area contributed by atoms with E-state index in [0.717, 1.165) is 18.1 Å². The van der Waals surface area contributed by atoms with Crippen molar-refractivity contribution in [1.29, 1.82) is 0 Å². The number of nitrogens with zero attached hydrogens (tertiary/aromatic N) is 2. The molecule has 1 aromatic heterocycles. The minimum Gasteiger partial charge on any atom is -0.465 e. The van der Waals surface area contributed by atoms with Crippen LogP contribution < -0.4 is 5.73 Å². The van der Waals surface area contributed by atoms with Gasteiger partial charge in [-0.1, -0.05) is 0 Å². The summed E-state index contributed by atoms with van der Waals surface area (Å²) in [6.07, 6.45) is 2.47. The molecule has 1 unspecified atom stereocenters. The molecule has 4 heteroatoms. The van der Waals surface area contributed by atoms with Gasteiger partial charge >= 0.3 is 0 Å². The molecule has 2 rings (SSSR count). The van der Waals surface area contributed by atoms with E-state index in [-0.39, 0.29) is 6.04 Å². The first-order valence-corrected chi connectivity index (χ1v) is 6.77. The standard InChI is InChI=1S/C14H25N3O/c1-11-4-5-14(18-11)13(15)10-17(3)12-6-8-16(2)9-7-12/h4-5,12-13H,6-10,15H2,1-3H3. The smallest absolute Gasteiger partial charge is 0.122 e. The molecule has 0 radical (unpaired) electrons. The summed E-state index contributed by atoms with van der Waals surface area (Å²) >= 11 is 0. The number of likely N-dealkylation sites (tertiary alicyclic amines) is 1. The van der Waals surface area contributed by atoms with Crippen molar-refractivity contribution in [2.75, 3.05) is 33.7 Å². The quantitative estimate of drug-likeness (QED) is 0.883. The van der Waals surface area contributed by atoms with E-state index in [1.54, 1.807) is 0 Å². The summed E-state index contributed by atoms with van der Waals surface area (Å²) in [5.74, 6) is 1.83. The van der Waals surface area contributed by atoms with E-state index in [0.29, 0.717) is 6.04 Å². The van der Waals surface area contributed by atoms with Crippen molar-refractivity contribution in [3.63, 3.8) is 0 Å². The zero-order valence-corrected chi connectivity index (χ0v) is 11.7. The van der Waals surface area contributed by atoms with Crippen LogP contribution in [0.25, 0.3) is 0 Å². The maximum atomic E-state index is 6.20. The lowest BCUT2D eigenvalue weighted by Gasteiger charge is -2.35. The fourth-order valence-corrected chi connectivity index (χ4v) is 2.64. The summed E-state index contributed by atoms with van der Waals surface area (Å²) in [4.78, 5) is 4.77. The molecule has 0 aromatic carbocycles. The Balaban J connectivity index is 1.85. The molecule has 1 fully saturated rings. The van der Waals surface area contributed by atoms with E-state index in [2.05, 4.69) is 23.9 Å². The third kappa shape index (κ3) is 3.34. The van der Waals surface area contributed by atoms with Crippen LogP contribution in [0.15, 0.2) is 16.5 Å². The van der Waals surface area contributed by atoms with Crippen LogP contribution in [0.4, 0.5) is 0 Å². The third-order valence-electron chi connectivity index (χ3n) is 3.92. The molecule has 18 heavy (non-hydrogen) atoms. The van der Waals surface area contributed by atoms with Gasteiger partial charge in [-0.15, -0.1) is 0 Å². The van der Waals surface area contributed by atoms with Crippen molar-refractivity contribution < 1.29 is 4.42 Å². The topological polar surface area (TPSA) is 45.6 Å². The van der Waals surface area contributed by atoms with E-state index < -0.39 is 0 Å². The van der Waals surface area contributed by atoms with Crippen LogP contribution in [0.2, 0.25) is 0 Å². The molecule has 0 aliphatic carbocycles. The van der Waals surface area contributed by atoms with Crippen LogP contribution in [-0.4, -0.2) is 49.6 Å².